The van der Waals surface area contributed by atoms with Gasteiger partial charge in [0.1, 0.15) is 5.82 Å². The summed E-state index contributed by atoms with van der Waals surface area (Å²) in [4.78, 5) is 5.40. The van der Waals surface area contributed by atoms with Gasteiger partial charge in [-0.2, -0.15) is 0 Å². The number of nitrogens with zero attached hydrogens (tertiary/aromatic N) is 1. The highest BCUT2D eigenvalue weighted by atomic mass is 79.9. The van der Waals surface area contributed by atoms with Crippen LogP contribution in [0.2, 0.25) is 5.02 Å². The van der Waals surface area contributed by atoms with Gasteiger partial charge >= 0.3 is 0 Å². The maximum atomic E-state index is 14.3. The van der Waals surface area contributed by atoms with Gasteiger partial charge in [0.15, 0.2) is 0 Å². The number of benzene rings is 1. The van der Waals surface area contributed by atoms with Crippen LogP contribution in [0.5, 0.6) is 0 Å². The lowest BCUT2D eigenvalue weighted by molar-refractivity contribution is 0.577. The van der Waals surface area contributed by atoms with Crippen LogP contribution in [0.4, 0.5) is 4.39 Å². The molecule has 0 aliphatic carbocycles. The van der Waals surface area contributed by atoms with Gasteiger partial charge < -0.3 is 5.32 Å². The number of hydrogen-bond acceptors (Lipinski definition) is 3. The summed E-state index contributed by atoms with van der Waals surface area (Å²) in [5.74, 6) is -0.402. The van der Waals surface area contributed by atoms with Crippen molar-refractivity contribution >= 4 is 38.9 Å². The Bertz CT molecular complexity index is 615. The Labute approximate surface area is 129 Å². The van der Waals surface area contributed by atoms with E-state index in [0.29, 0.717) is 10.0 Å². The molecule has 0 radical (unpaired) electrons. The van der Waals surface area contributed by atoms with Gasteiger partial charge in [0.25, 0.3) is 0 Å². The molecule has 0 saturated carbocycles. The summed E-state index contributed by atoms with van der Waals surface area (Å²) in [6.07, 6.45) is 0. The fourth-order valence-electron chi connectivity index (χ4n) is 2.01. The van der Waals surface area contributed by atoms with Crippen molar-refractivity contribution in [1.29, 1.82) is 0 Å². The van der Waals surface area contributed by atoms with Gasteiger partial charge in [-0.1, -0.05) is 17.7 Å². The molecule has 2 aromatic rings. The minimum Gasteiger partial charge on any atom is -0.309 e. The van der Waals surface area contributed by atoms with E-state index in [9.17, 15) is 4.39 Å². The minimum atomic E-state index is -0.402. The van der Waals surface area contributed by atoms with E-state index in [4.69, 9.17) is 11.6 Å². The van der Waals surface area contributed by atoms with E-state index in [-0.39, 0.29) is 11.1 Å². The van der Waals surface area contributed by atoms with Crippen LogP contribution in [-0.4, -0.2) is 12.0 Å². The molecule has 0 spiro atoms. The van der Waals surface area contributed by atoms with Crippen molar-refractivity contribution in [3.63, 3.8) is 0 Å². The molecule has 1 aromatic heterocycles. The predicted octanol–water partition coefficient (Wildman–Crippen LogP) is 4.62. The van der Waals surface area contributed by atoms with Crippen LogP contribution in [0.15, 0.2) is 16.6 Å². The third-order valence-electron chi connectivity index (χ3n) is 2.87. The van der Waals surface area contributed by atoms with Crippen molar-refractivity contribution in [3.8, 4) is 0 Å². The second kappa shape index (κ2) is 5.87. The second-order valence-corrected chi connectivity index (χ2v) is 6.64. The van der Waals surface area contributed by atoms with Gasteiger partial charge in [-0.3, -0.25) is 0 Å². The first-order chi connectivity index (χ1) is 8.95. The quantitative estimate of drug-likeness (QED) is 0.805. The molecule has 0 aliphatic heterocycles. The Hall–Kier alpha value is -0.490. The molecule has 2 nitrogen and oxygen atoms in total. The molecule has 0 fully saturated rings. The highest BCUT2D eigenvalue weighted by Crippen LogP contribution is 2.35. The predicted molar refractivity (Wildman–Crippen MR) is 81.6 cm³/mol. The van der Waals surface area contributed by atoms with E-state index >= 15 is 0 Å². The summed E-state index contributed by atoms with van der Waals surface area (Å²) in [6, 6.07) is 3.26. The average molecular weight is 364 g/mol. The van der Waals surface area contributed by atoms with Gasteiger partial charge in [0.2, 0.25) is 0 Å². The summed E-state index contributed by atoms with van der Waals surface area (Å²) in [7, 11) is 1.80. The zero-order valence-electron chi connectivity index (χ0n) is 10.7. The summed E-state index contributed by atoms with van der Waals surface area (Å²) < 4.78 is 14.9. The second-order valence-electron chi connectivity index (χ2n) is 4.17. The van der Waals surface area contributed by atoms with Gasteiger partial charge in [-0.15, -0.1) is 11.3 Å². The molecular weight excluding hydrogens is 351 g/mol. The van der Waals surface area contributed by atoms with Crippen LogP contribution in [0.25, 0.3) is 0 Å². The van der Waals surface area contributed by atoms with Crippen molar-refractivity contribution in [2.75, 3.05) is 7.05 Å². The lowest BCUT2D eigenvalue weighted by atomic mass is 10.0. The Morgan fingerprint density at radius 3 is 2.63 bits per heavy atom. The molecule has 1 unspecified atom stereocenters. The highest BCUT2D eigenvalue weighted by Gasteiger charge is 2.23. The molecule has 1 heterocycles. The number of thiazole rings is 1. The fourth-order valence-corrected chi connectivity index (χ4v) is 3.54. The molecule has 0 amide bonds. The maximum absolute atomic E-state index is 14.3. The Morgan fingerprint density at radius 2 is 2.11 bits per heavy atom. The minimum absolute atomic E-state index is 0.108. The summed E-state index contributed by atoms with van der Waals surface area (Å²) in [5.41, 5.74) is 1.45. The lowest BCUT2D eigenvalue weighted by Crippen LogP contribution is -2.19. The first-order valence-corrected chi connectivity index (χ1v) is 7.69. The van der Waals surface area contributed by atoms with Crippen LogP contribution in [0.3, 0.4) is 0 Å². The van der Waals surface area contributed by atoms with Crippen molar-refractivity contribution < 1.29 is 4.39 Å². The molecular formula is C13H13BrClFN2S. The number of aromatic nitrogens is 1. The smallest absolute Gasteiger partial charge is 0.148 e. The third-order valence-corrected chi connectivity index (χ3v) is 5.26. The van der Waals surface area contributed by atoms with E-state index in [1.807, 2.05) is 13.8 Å². The van der Waals surface area contributed by atoms with E-state index in [1.54, 1.807) is 30.5 Å². The van der Waals surface area contributed by atoms with E-state index in [0.717, 1.165) is 15.6 Å². The van der Waals surface area contributed by atoms with Crippen molar-refractivity contribution in [2.24, 2.45) is 0 Å². The summed E-state index contributed by atoms with van der Waals surface area (Å²) in [6.45, 7) is 3.88. The first-order valence-electron chi connectivity index (χ1n) is 5.70. The van der Waals surface area contributed by atoms with Crippen molar-refractivity contribution in [3.05, 3.63) is 48.6 Å². The molecule has 19 heavy (non-hydrogen) atoms. The summed E-state index contributed by atoms with van der Waals surface area (Å²) >= 11 is 10.7. The van der Waals surface area contributed by atoms with E-state index in [2.05, 4.69) is 26.2 Å². The number of hydrogen-bond donors (Lipinski definition) is 1. The van der Waals surface area contributed by atoms with Gasteiger partial charge in [0, 0.05) is 14.9 Å². The molecule has 102 valence electrons. The number of rotatable bonds is 3. The molecule has 1 aromatic carbocycles. The molecule has 1 atom stereocenters. The Balaban J connectivity index is 2.54. The number of nitrogens with one attached hydrogen (secondary N) is 1. The first kappa shape index (κ1) is 14.9. The topological polar surface area (TPSA) is 24.9 Å². The SMILES string of the molecule is CNC(c1ccc(Br)c(Cl)c1F)c1sc(C)nc1C. The van der Waals surface area contributed by atoms with Crippen LogP contribution in [0.1, 0.15) is 27.2 Å². The van der Waals surface area contributed by atoms with Gasteiger partial charge in [-0.05, 0) is 42.9 Å². The van der Waals surface area contributed by atoms with Crippen LogP contribution < -0.4 is 5.32 Å². The van der Waals surface area contributed by atoms with Crippen LogP contribution >= 0.6 is 38.9 Å². The zero-order valence-corrected chi connectivity index (χ0v) is 13.9. The molecule has 6 heteroatoms. The zero-order chi connectivity index (χ0) is 14.2. The Kier molecular flexibility index (Phi) is 4.61. The van der Waals surface area contributed by atoms with Crippen LogP contribution in [-0.2, 0) is 0 Å². The molecule has 2 rings (SSSR count). The lowest BCUT2D eigenvalue weighted by Gasteiger charge is -2.17. The van der Waals surface area contributed by atoms with Crippen molar-refractivity contribution in [1.82, 2.24) is 10.3 Å². The van der Waals surface area contributed by atoms with Gasteiger partial charge in [-0.25, -0.2) is 9.37 Å². The monoisotopic (exact) mass is 362 g/mol. The fraction of sp³-hybridized carbons (Fsp3) is 0.308. The third kappa shape index (κ3) is 2.84. The standard InChI is InChI=1S/C13H13BrClFN2S/c1-6-13(19-7(2)18-6)12(17-3)8-4-5-9(14)10(15)11(8)16/h4-5,12,17H,1-3H3. The van der Waals surface area contributed by atoms with E-state index in [1.165, 1.54) is 0 Å². The van der Waals surface area contributed by atoms with E-state index < -0.39 is 5.82 Å². The largest absolute Gasteiger partial charge is 0.309 e. The number of halogens is 3. The maximum Gasteiger partial charge on any atom is 0.148 e. The molecule has 0 aliphatic rings. The highest BCUT2D eigenvalue weighted by molar-refractivity contribution is 9.10. The normalized spacial score (nSPS) is 12.7. The average Bonchev–Trinajstić information content (AvgIpc) is 2.69. The van der Waals surface area contributed by atoms with Gasteiger partial charge in [0.05, 0.1) is 21.8 Å². The number of aryl methyl sites for hydroxylation is 2. The molecule has 0 bridgehead atoms. The van der Waals surface area contributed by atoms with Crippen LogP contribution in [0, 0.1) is 19.7 Å². The summed E-state index contributed by atoms with van der Waals surface area (Å²) in [5, 5.41) is 4.21. The Morgan fingerprint density at radius 1 is 1.42 bits per heavy atom. The van der Waals surface area contributed by atoms with Crippen molar-refractivity contribution in [2.45, 2.75) is 19.9 Å². The molecule has 1 N–H and O–H groups in total. The molecule has 0 saturated heterocycles.